The van der Waals surface area contributed by atoms with Crippen molar-refractivity contribution in [2.24, 2.45) is 17.1 Å². The van der Waals surface area contributed by atoms with Crippen LogP contribution in [0, 0.1) is 11.3 Å². The van der Waals surface area contributed by atoms with Gasteiger partial charge in [-0.25, -0.2) is 0 Å². The van der Waals surface area contributed by atoms with Crippen molar-refractivity contribution < 1.29 is 9.59 Å². The summed E-state index contributed by atoms with van der Waals surface area (Å²) in [4.78, 5) is 29.3. The summed E-state index contributed by atoms with van der Waals surface area (Å²) in [7, 11) is 0. The van der Waals surface area contributed by atoms with Gasteiger partial charge in [-0.05, 0) is 43.6 Å². The molecule has 3 rings (SSSR count). The van der Waals surface area contributed by atoms with Crippen molar-refractivity contribution in [3.63, 3.8) is 0 Å². The van der Waals surface area contributed by atoms with E-state index in [1.165, 1.54) is 51.4 Å². The van der Waals surface area contributed by atoms with E-state index in [9.17, 15) is 9.59 Å². The Hall–Kier alpha value is -0.810. The Bertz CT molecular complexity index is 480. The second-order valence-electron chi connectivity index (χ2n) is 8.91. The molecule has 1 aliphatic heterocycles. The molecule has 0 spiro atoms. The summed E-state index contributed by atoms with van der Waals surface area (Å²) in [5, 5.41) is 0. The molecule has 156 valence electrons. The zero-order valence-electron chi connectivity index (χ0n) is 16.8. The number of rotatable bonds is 5. The lowest BCUT2D eigenvalue weighted by Crippen LogP contribution is -2.52. The Morgan fingerprint density at radius 2 is 1.33 bits per heavy atom. The first-order valence-electron chi connectivity index (χ1n) is 10.9. The molecule has 0 bridgehead atoms. The van der Waals surface area contributed by atoms with E-state index in [0.717, 1.165) is 12.8 Å². The highest BCUT2D eigenvalue weighted by Crippen LogP contribution is 2.38. The minimum Gasteiger partial charge on any atom is -0.339 e. The van der Waals surface area contributed by atoms with E-state index in [1.54, 1.807) is 0 Å². The van der Waals surface area contributed by atoms with Gasteiger partial charge in [-0.15, -0.1) is 12.4 Å². The Labute approximate surface area is 170 Å². The van der Waals surface area contributed by atoms with Crippen LogP contribution in [0.25, 0.3) is 0 Å². The maximum absolute atomic E-state index is 12.8. The van der Waals surface area contributed by atoms with Crippen LogP contribution in [0.5, 0.6) is 0 Å². The van der Waals surface area contributed by atoms with Gasteiger partial charge in [0.05, 0.1) is 0 Å². The first-order valence-corrected chi connectivity index (χ1v) is 10.9. The monoisotopic (exact) mass is 399 g/mol. The molecule has 3 aliphatic rings. The van der Waals surface area contributed by atoms with Crippen molar-refractivity contribution in [1.82, 2.24) is 9.80 Å². The van der Waals surface area contributed by atoms with Crippen LogP contribution < -0.4 is 5.73 Å². The van der Waals surface area contributed by atoms with Crippen molar-refractivity contribution in [2.45, 2.75) is 77.0 Å². The van der Waals surface area contributed by atoms with E-state index < -0.39 is 0 Å². The molecule has 2 aliphatic carbocycles. The van der Waals surface area contributed by atoms with Crippen molar-refractivity contribution >= 4 is 24.2 Å². The Morgan fingerprint density at radius 1 is 0.815 bits per heavy atom. The molecule has 1 heterocycles. The van der Waals surface area contributed by atoms with Gasteiger partial charge in [-0.2, -0.15) is 0 Å². The van der Waals surface area contributed by atoms with Crippen molar-refractivity contribution in [3.8, 4) is 0 Å². The van der Waals surface area contributed by atoms with Crippen molar-refractivity contribution in [3.05, 3.63) is 0 Å². The van der Waals surface area contributed by atoms with E-state index in [0.29, 0.717) is 57.4 Å². The lowest BCUT2D eigenvalue weighted by atomic mass is 9.71. The lowest BCUT2D eigenvalue weighted by molar-refractivity contribution is -0.141. The molecule has 0 unspecified atom stereocenters. The summed E-state index contributed by atoms with van der Waals surface area (Å²) >= 11 is 0. The summed E-state index contributed by atoms with van der Waals surface area (Å²) in [5.41, 5.74) is 6.07. The van der Waals surface area contributed by atoms with Crippen LogP contribution in [0.1, 0.15) is 77.0 Å². The van der Waals surface area contributed by atoms with Gasteiger partial charge in [0.1, 0.15) is 0 Å². The third-order valence-corrected chi connectivity index (χ3v) is 7.05. The summed E-state index contributed by atoms with van der Waals surface area (Å²) < 4.78 is 0. The van der Waals surface area contributed by atoms with Gasteiger partial charge >= 0.3 is 0 Å². The summed E-state index contributed by atoms with van der Waals surface area (Å²) in [6.45, 7) is 3.41. The molecule has 3 fully saturated rings. The Balaban J connectivity index is 0.00000261. The van der Waals surface area contributed by atoms with Crippen molar-refractivity contribution in [2.75, 3.05) is 32.7 Å². The number of amides is 2. The highest BCUT2D eigenvalue weighted by molar-refractivity contribution is 5.85. The van der Waals surface area contributed by atoms with E-state index >= 15 is 0 Å². The first kappa shape index (κ1) is 22.5. The maximum Gasteiger partial charge on any atom is 0.223 e. The lowest BCUT2D eigenvalue weighted by Gasteiger charge is -2.40. The van der Waals surface area contributed by atoms with Crippen molar-refractivity contribution in [1.29, 1.82) is 0 Å². The smallest absolute Gasteiger partial charge is 0.223 e. The second kappa shape index (κ2) is 10.7. The number of hydrogen-bond acceptors (Lipinski definition) is 3. The number of piperazine rings is 1. The fourth-order valence-electron chi connectivity index (χ4n) is 5.16. The molecule has 2 amide bonds. The molecule has 27 heavy (non-hydrogen) atoms. The minimum atomic E-state index is 0. The Morgan fingerprint density at radius 3 is 1.89 bits per heavy atom. The molecule has 5 nitrogen and oxygen atoms in total. The van der Waals surface area contributed by atoms with Gasteiger partial charge in [0.25, 0.3) is 0 Å². The molecule has 2 saturated carbocycles. The van der Waals surface area contributed by atoms with E-state index in [1.807, 2.05) is 9.80 Å². The maximum atomic E-state index is 12.8. The second-order valence-corrected chi connectivity index (χ2v) is 8.91. The fraction of sp³-hybridized carbons (Fsp3) is 0.905. The van der Waals surface area contributed by atoms with Crippen LogP contribution in [0.2, 0.25) is 0 Å². The zero-order valence-corrected chi connectivity index (χ0v) is 17.6. The SMILES string of the molecule is Cl.NCC1(CC(=O)N2CCN(C(=O)CC3CCCCC3)CC2)CCCCC1. The highest BCUT2D eigenvalue weighted by atomic mass is 35.5. The topological polar surface area (TPSA) is 66.6 Å². The number of carbonyl (C=O) groups is 2. The Kier molecular flexibility index (Phi) is 8.87. The van der Waals surface area contributed by atoms with Gasteiger partial charge < -0.3 is 15.5 Å². The number of halogens is 1. The average Bonchev–Trinajstić information content (AvgIpc) is 2.69. The molecule has 1 saturated heterocycles. The summed E-state index contributed by atoms with van der Waals surface area (Å²) in [5.74, 6) is 1.14. The largest absolute Gasteiger partial charge is 0.339 e. The van der Waals surface area contributed by atoms with E-state index in [-0.39, 0.29) is 23.7 Å². The molecule has 0 aromatic carbocycles. The predicted molar refractivity (Wildman–Crippen MR) is 111 cm³/mol. The van der Waals surface area contributed by atoms with E-state index in [2.05, 4.69) is 0 Å². The zero-order chi connectivity index (χ0) is 18.4. The van der Waals surface area contributed by atoms with Gasteiger partial charge in [-0.3, -0.25) is 9.59 Å². The number of carbonyl (C=O) groups excluding carboxylic acids is 2. The fourth-order valence-corrected chi connectivity index (χ4v) is 5.16. The third-order valence-electron chi connectivity index (χ3n) is 7.05. The van der Waals surface area contributed by atoms with Gasteiger partial charge in [0, 0.05) is 39.0 Å². The van der Waals surface area contributed by atoms with Crippen LogP contribution in [0.15, 0.2) is 0 Å². The summed E-state index contributed by atoms with van der Waals surface area (Å²) in [6.07, 6.45) is 13.5. The molecule has 0 aromatic heterocycles. The molecule has 0 radical (unpaired) electrons. The molecular formula is C21H38ClN3O2. The van der Waals surface area contributed by atoms with Crippen LogP contribution in [-0.2, 0) is 9.59 Å². The van der Waals surface area contributed by atoms with Crippen LogP contribution in [-0.4, -0.2) is 54.3 Å². The average molecular weight is 400 g/mol. The van der Waals surface area contributed by atoms with Gasteiger partial charge in [0.2, 0.25) is 11.8 Å². The standard InChI is InChI=1S/C21H37N3O2.ClH/c22-17-21(9-5-2-6-10-21)16-20(26)24-13-11-23(12-14-24)19(25)15-18-7-3-1-4-8-18;/h18H,1-17,22H2;1H. The third kappa shape index (κ3) is 6.08. The van der Waals surface area contributed by atoms with Crippen LogP contribution in [0.4, 0.5) is 0 Å². The first-order chi connectivity index (χ1) is 12.6. The predicted octanol–water partition coefficient (Wildman–Crippen LogP) is 3.35. The highest BCUT2D eigenvalue weighted by Gasteiger charge is 2.35. The van der Waals surface area contributed by atoms with Gasteiger partial charge in [-0.1, -0.05) is 38.5 Å². The van der Waals surface area contributed by atoms with Gasteiger partial charge in [0.15, 0.2) is 0 Å². The molecular weight excluding hydrogens is 362 g/mol. The molecule has 2 N–H and O–H groups in total. The number of nitrogens with two attached hydrogens (primary N) is 1. The molecule has 0 atom stereocenters. The number of hydrogen-bond donors (Lipinski definition) is 1. The normalized spacial score (nSPS) is 23.6. The summed E-state index contributed by atoms with van der Waals surface area (Å²) in [6, 6.07) is 0. The number of nitrogens with zero attached hydrogens (tertiary/aromatic N) is 2. The molecule has 0 aromatic rings. The minimum absolute atomic E-state index is 0. The quantitative estimate of drug-likeness (QED) is 0.770. The van der Waals surface area contributed by atoms with Crippen LogP contribution >= 0.6 is 12.4 Å². The molecule has 6 heteroatoms. The van der Waals surface area contributed by atoms with E-state index in [4.69, 9.17) is 5.73 Å². The van der Waals surface area contributed by atoms with Crippen LogP contribution in [0.3, 0.4) is 0 Å².